The number of nitrogens with two attached hydrogens (primary N) is 1. The Bertz CT molecular complexity index is 243. The average Bonchev–Trinajstić information content (AvgIpc) is 2.73. The third-order valence-electron chi connectivity index (χ3n) is 3.28. The van der Waals surface area contributed by atoms with Gasteiger partial charge in [0.15, 0.2) is 0 Å². The third-order valence-corrected chi connectivity index (χ3v) is 3.28. The molecule has 0 aliphatic carbocycles. The van der Waals surface area contributed by atoms with Crippen LogP contribution in [0.5, 0.6) is 0 Å². The van der Waals surface area contributed by atoms with Gasteiger partial charge in [0.25, 0.3) is 0 Å². The third kappa shape index (κ3) is 2.56. The standard InChI is InChI=1S/C11H20N2O2/c1-3-8(2)10(12)11(15)13-6-4-5-9(13)7-14/h7-10H,3-6,12H2,1-2H3/t8-,9+,10-/m0/s1. The van der Waals surface area contributed by atoms with E-state index in [-0.39, 0.29) is 17.9 Å². The van der Waals surface area contributed by atoms with Crippen LogP contribution < -0.4 is 5.73 Å². The van der Waals surface area contributed by atoms with Crippen molar-refractivity contribution in [2.45, 2.75) is 45.2 Å². The van der Waals surface area contributed by atoms with Crippen molar-refractivity contribution in [1.29, 1.82) is 0 Å². The molecule has 1 fully saturated rings. The van der Waals surface area contributed by atoms with Gasteiger partial charge in [-0.1, -0.05) is 20.3 Å². The highest BCUT2D eigenvalue weighted by atomic mass is 16.2. The number of nitrogens with zero attached hydrogens (tertiary/aromatic N) is 1. The summed E-state index contributed by atoms with van der Waals surface area (Å²) in [7, 11) is 0. The highest BCUT2D eigenvalue weighted by Gasteiger charge is 2.32. The van der Waals surface area contributed by atoms with Crippen molar-refractivity contribution in [1.82, 2.24) is 4.90 Å². The van der Waals surface area contributed by atoms with E-state index in [4.69, 9.17) is 5.73 Å². The SMILES string of the molecule is CC[C@H](C)[C@H](N)C(=O)N1CCC[C@@H]1C=O. The summed E-state index contributed by atoms with van der Waals surface area (Å²) in [6.45, 7) is 4.65. The number of hydrogen-bond acceptors (Lipinski definition) is 3. The Morgan fingerprint density at radius 1 is 1.67 bits per heavy atom. The molecule has 1 aliphatic heterocycles. The highest BCUT2D eigenvalue weighted by Crippen LogP contribution is 2.18. The molecule has 0 aromatic rings. The lowest BCUT2D eigenvalue weighted by Gasteiger charge is -2.26. The van der Waals surface area contributed by atoms with Crippen LogP contribution in [0.1, 0.15) is 33.1 Å². The van der Waals surface area contributed by atoms with Gasteiger partial charge in [0.2, 0.25) is 5.91 Å². The molecule has 4 heteroatoms. The molecule has 0 aromatic heterocycles. The molecule has 1 rings (SSSR count). The van der Waals surface area contributed by atoms with Gasteiger partial charge in [-0.05, 0) is 18.8 Å². The molecule has 2 N–H and O–H groups in total. The van der Waals surface area contributed by atoms with Crippen LogP contribution in [0.4, 0.5) is 0 Å². The minimum absolute atomic E-state index is 0.0704. The first-order valence-electron chi connectivity index (χ1n) is 5.63. The topological polar surface area (TPSA) is 63.4 Å². The predicted molar refractivity (Wildman–Crippen MR) is 58.2 cm³/mol. The van der Waals surface area contributed by atoms with E-state index in [1.807, 2.05) is 13.8 Å². The fourth-order valence-corrected chi connectivity index (χ4v) is 1.90. The number of hydrogen-bond donors (Lipinski definition) is 1. The molecule has 0 spiro atoms. The fourth-order valence-electron chi connectivity index (χ4n) is 1.90. The molecule has 1 saturated heterocycles. The van der Waals surface area contributed by atoms with Crippen molar-refractivity contribution in [3.8, 4) is 0 Å². The van der Waals surface area contributed by atoms with E-state index in [0.29, 0.717) is 6.54 Å². The Labute approximate surface area is 90.8 Å². The molecule has 86 valence electrons. The molecular weight excluding hydrogens is 192 g/mol. The van der Waals surface area contributed by atoms with Crippen molar-refractivity contribution in [3.05, 3.63) is 0 Å². The lowest BCUT2D eigenvalue weighted by atomic mass is 9.99. The van der Waals surface area contributed by atoms with E-state index < -0.39 is 6.04 Å². The molecule has 0 aromatic carbocycles. The van der Waals surface area contributed by atoms with Crippen molar-refractivity contribution in [2.75, 3.05) is 6.54 Å². The Kier molecular flexibility index (Phi) is 4.27. The normalized spacial score (nSPS) is 25.0. The van der Waals surface area contributed by atoms with Gasteiger partial charge in [0, 0.05) is 6.54 Å². The van der Waals surface area contributed by atoms with Crippen LogP contribution in [0.2, 0.25) is 0 Å². The van der Waals surface area contributed by atoms with Crippen LogP contribution in [0, 0.1) is 5.92 Å². The maximum Gasteiger partial charge on any atom is 0.240 e. The number of likely N-dealkylation sites (tertiary alicyclic amines) is 1. The smallest absolute Gasteiger partial charge is 0.240 e. The van der Waals surface area contributed by atoms with Crippen LogP contribution in [0.3, 0.4) is 0 Å². The fraction of sp³-hybridized carbons (Fsp3) is 0.818. The van der Waals surface area contributed by atoms with Crippen LogP contribution in [-0.2, 0) is 9.59 Å². The molecule has 3 atom stereocenters. The maximum absolute atomic E-state index is 12.0. The average molecular weight is 212 g/mol. The van der Waals surface area contributed by atoms with Gasteiger partial charge in [-0.15, -0.1) is 0 Å². The largest absolute Gasteiger partial charge is 0.332 e. The molecule has 15 heavy (non-hydrogen) atoms. The molecule has 1 aliphatic rings. The van der Waals surface area contributed by atoms with Gasteiger partial charge in [0.05, 0.1) is 12.1 Å². The number of carbonyl (C=O) groups excluding carboxylic acids is 2. The summed E-state index contributed by atoms with van der Waals surface area (Å²) >= 11 is 0. The minimum Gasteiger partial charge on any atom is -0.332 e. The second-order valence-electron chi connectivity index (χ2n) is 4.29. The Morgan fingerprint density at radius 2 is 2.33 bits per heavy atom. The monoisotopic (exact) mass is 212 g/mol. The summed E-state index contributed by atoms with van der Waals surface area (Å²) in [4.78, 5) is 24.3. The quantitative estimate of drug-likeness (QED) is 0.692. The summed E-state index contributed by atoms with van der Waals surface area (Å²) in [5.74, 6) is 0.101. The van der Waals surface area contributed by atoms with E-state index >= 15 is 0 Å². The molecule has 0 saturated carbocycles. The molecule has 1 heterocycles. The van der Waals surface area contributed by atoms with E-state index in [1.165, 1.54) is 0 Å². The minimum atomic E-state index is -0.462. The number of rotatable bonds is 4. The van der Waals surface area contributed by atoms with E-state index in [9.17, 15) is 9.59 Å². The van der Waals surface area contributed by atoms with Crippen LogP contribution in [0.25, 0.3) is 0 Å². The highest BCUT2D eigenvalue weighted by molar-refractivity contribution is 5.85. The van der Waals surface area contributed by atoms with Gasteiger partial charge < -0.3 is 15.4 Å². The predicted octanol–water partition coefficient (Wildman–Crippen LogP) is 0.550. The Morgan fingerprint density at radius 3 is 2.87 bits per heavy atom. The molecule has 0 bridgehead atoms. The van der Waals surface area contributed by atoms with E-state index in [1.54, 1.807) is 4.90 Å². The lowest BCUT2D eigenvalue weighted by molar-refractivity contribution is -0.136. The summed E-state index contributed by atoms with van der Waals surface area (Å²) in [6, 6.07) is -0.705. The Hall–Kier alpha value is -0.900. The lowest BCUT2D eigenvalue weighted by Crippen LogP contribution is -2.49. The van der Waals surface area contributed by atoms with E-state index in [2.05, 4.69) is 0 Å². The van der Waals surface area contributed by atoms with E-state index in [0.717, 1.165) is 25.5 Å². The van der Waals surface area contributed by atoms with Gasteiger partial charge in [-0.25, -0.2) is 0 Å². The zero-order valence-electron chi connectivity index (χ0n) is 9.48. The van der Waals surface area contributed by atoms with Crippen LogP contribution in [0.15, 0.2) is 0 Å². The first-order chi connectivity index (χ1) is 7.11. The van der Waals surface area contributed by atoms with Gasteiger partial charge >= 0.3 is 0 Å². The zero-order chi connectivity index (χ0) is 11.4. The van der Waals surface area contributed by atoms with Gasteiger partial charge in [0.1, 0.15) is 6.29 Å². The molecule has 0 radical (unpaired) electrons. The summed E-state index contributed by atoms with van der Waals surface area (Å²) in [5.41, 5.74) is 5.86. The van der Waals surface area contributed by atoms with Crippen molar-refractivity contribution in [2.24, 2.45) is 11.7 Å². The van der Waals surface area contributed by atoms with Crippen molar-refractivity contribution < 1.29 is 9.59 Å². The summed E-state index contributed by atoms with van der Waals surface area (Å²) in [5, 5.41) is 0. The van der Waals surface area contributed by atoms with Crippen molar-refractivity contribution in [3.63, 3.8) is 0 Å². The summed E-state index contributed by atoms with van der Waals surface area (Å²) in [6.07, 6.45) is 3.42. The first-order valence-corrected chi connectivity index (χ1v) is 5.63. The first kappa shape index (κ1) is 12.2. The molecule has 1 amide bonds. The second kappa shape index (κ2) is 5.26. The van der Waals surface area contributed by atoms with Crippen LogP contribution in [-0.4, -0.2) is 35.7 Å². The molecule has 0 unspecified atom stereocenters. The number of aldehydes is 1. The van der Waals surface area contributed by atoms with Crippen molar-refractivity contribution >= 4 is 12.2 Å². The summed E-state index contributed by atoms with van der Waals surface area (Å²) < 4.78 is 0. The van der Waals surface area contributed by atoms with Gasteiger partial charge in [-0.3, -0.25) is 4.79 Å². The maximum atomic E-state index is 12.0. The zero-order valence-corrected chi connectivity index (χ0v) is 9.48. The second-order valence-corrected chi connectivity index (χ2v) is 4.29. The Balaban J connectivity index is 2.63. The molecular formula is C11H20N2O2. The van der Waals surface area contributed by atoms with Gasteiger partial charge in [-0.2, -0.15) is 0 Å². The number of amides is 1. The number of carbonyl (C=O) groups is 2. The molecule has 4 nitrogen and oxygen atoms in total. The van der Waals surface area contributed by atoms with Crippen LogP contribution >= 0.6 is 0 Å².